The zero-order chi connectivity index (χ0) is 25.3. The second-order valence-electron chi connectivity index (χ2n) is 8.96. The molecule has 7 rings (SSSR count). The molecule has 0 saturated heterocycles. The monoisotopic (exact) mass is 488 g/mol. The average molecular weight is 489 g/mol. The Morgan fingerprint density at radius 1 is 0.395 bits per heavy atom. The maximum Gasteiger partial charge on any atom is 0.165 e. The smallest absolute Gasteiger partial charge is 0.165 e. The summed E-state index contributed by atoms with van der Waals surface area (Å²) >= 11 is 0. The number of para-hydroxylation sites is 2. The van der Waals surface area contributed by atoms with Crippen LogP contribution in [0.4, 0.5) is 0 Å². The molecule has 3 aromatic carbocycles. The van der Waals surface area contributed by atoms with Crippen LogP contribution in [0.2, 0.25) is 0 Å². The van der Waals surface area contributed by atoms with Gasteiger partial charge < -0.3 is 0 Å². The summed E-state index contributed by atoms with van der Waals surface area (Å²) in [6, 6.07) is 32.3. The second kappa shape index (κ2) is 9.26. The number of benzene rings is 3. The quantitative estimate of drug-likeness (QED) is 0.265. The van der Waals surface area contributed by atoms with E-state index in [1.54, 1.807) is 6.20 Å². The first-order valence-electron chi connectivity index (χ1n) is 12.3. The maximum absolute atomic E-state index is 4.88. The Labute approximate surface area is 218 Å². The van der Waals surface area contributed by atoms with Gasteiger partial charge in [-0.2, -0.15) is 0 Å². The first kappa shape index (κ1) is 21.9. The van der Waals surface area contributed by atoms with Gasteiger partial charge in [0.15, 0.2) is 17.5 Å². The summed E-state index contributed by atoms with van der Waals surface area (Å²) in [5, 5.41) is 2.06. The van der Waals surface area contributed by atoms with Gasteiger partial charge in [0.1, 0.15) is 0 Å². The van der Waals surface area contributed by atoms with E-state index in [2.05, 4.69) is 39.2 Å². The summed E-state index contributed by atoms with van der Waals surface area (Å²) in [5.41, 5.74) is 6.54. The van der Waals surface area contributed by atoms with Crippen LogP contribution in [0.3, 0.4) is 0 Å². The molecule has 0 N–H and O–H groups in total. The lowest BCUT2D eigenvalue weighted by Gasteiger charge is -2.10. The molecule has 6 nitrogen and oxygen atoms in total. The van der Waals surface area contributed by atoms with Gasteiger partial charge in [0.05, 0.1) is 11.0 Å². The molecule has 0 spiro atoms. The Morgan fingerprint density at radius 2 is 0.921 bits per heavy atom. The Hall–Kier alpha value is -5.36. The van der Waals surface area contributed by atoms with Crippen molar-refractivity contribution in [1.82, 2.24) is 29.9 Å². The summed E-state index contributed by atoms with van der Waals surface area (Å²) in [7, 11) is 0. The molecular formula is C32H20N6. The molecule has 4 heterocycles. The molecule has 0 radical (unpaired) electrons. The molecule has 0 aliphatic heterocycles. The molecule has 178 valence electrons. The minimum Gasteiger partial charge on any atom is -0.264 e. The number of fused-ring (bicyclic) bond motifs is 2. The fourth-order valence-corrected chi connectivity index (χ4v) is 4.50. The van der Waals surface area contributed by atoms with Crippen molar-refractivity contribution in [1.29, 1.82) is 0 Å². The van der Waals surface area contributed by atoms with E-state index in [-0.39, 0.29) is 0 Å². The highest BCUT2D eigenvalue weighted by Gasteiger charge is 2.14. The predicted octanol–water partition coefficient (Wildman–Crippen LogP) is 7.03. The normalized spacial score (nSPS) is 11.2. The van der Waals surface area contributed by atoms with Crippen LogP contribution in [0.1, 0.15) is 0 Å². The van der Waals surface area contributed by atoms with Crippen LogP contribution < -0.4 is 0 Å². The SMILES string of the molecule is c1cncc(-c2ccc(-c3nc(-c4cnc5ccccc5c4)nc(-c4cnc5ccccc5c4)n3)cc2)c1. The number of hydrogen-bond donors (Lipinski definition) is 0. The van der Waals surface area contributed by atoms with Gasteiger partial charge in [0.25, 0.3) is 0 Å². The molecular weight excluding hydrogens is 468 g/mol. The largest absolute Gasteiger partial charge is 0.264 e. The van der Waals surface area contributed by atoms with E-state index in [0.29, 0.717) is 17.5 Å². The molecule has 38 heavy (non-hydrogen) atoms. The highest BCUT2D eigenvalue weighted by Crippen LogP contribution is 2.28. The Bertz CT molecular complexity index is 1820. The summed E-state index contributed by atoms with van der Waals surface area (Å²) < 4.78 is 0. The second-order valence-corrected chi connectivity index (χ2v) is 8.96. The topological polar surface area (TPSA) is 77.3 Å². The van der Waals surface area contributed by atoms with E-state index in [4.69, 9.17) is 15.0 Å². The van der Waals surface area contributed by atoms with Crippen molar-refractivity contribution in [3.8, 4) is 45.3 Å². The summed E-state index contributed by atoms with van der Waals surface area (Å²) in [4.78, 5) is 28.1. The molecule has 0 unspecified atom stereocenters. The van der Waals surface area contributed by atoms with Gasteiger partial charge in [0, 0.05) is 52.3 Å². The lowest BCUT2D eigenvalue weighted by Crippen LogP contribution is -2.01. The number of hydrogen-bond acceptors (Lipinski definition) is 6. The van der Waals surface area contributed by atoms with Crippen LogP contribution in [0, 0.1) is 0 Å². The maximum atomic E-state index is 4.88. The van der Waals surface area contributed by atoms with E-state index < -0.39 is 0 Å². The standard InChI is InChI=1S/C32H20N6/c1-3-9-28-23(6-1)16-26(19-34-28)31-36-30(22-13-11-21(12-14-22)25-8-5-15-33-18-25)37-32(38-31)27-17-24-7-2-4-10-29(24)35-20-27/h1-20H. The number of pyridine rings is 3. The number of aromatic nitrogens is 6. The fraction of sp³-hybridized carbons (Fsp3) is 0. The predicted molar refractivity (Wildman–Crippen MR) is 150 cm³/mol. The van der Waals surface area contributed by atoms with Crippen LogP contribution in [-0.4, -0.2) is 29.9 Å². The molecule has 0 atom stereocenters. The van der Waals surface area contributed by atoms with Gasteiger partial charge in [-0.25, -0.2) is 15.0 Å². The zero-order valence-electron chi connectivity index (χ0n) is 20.2. The first-order chi connectivity index (χ1) is 18.8. The lowest BCUT2D eigenvalue weighted by atomic mass is 10.1. The molecule has 0 saturated carbocycles. The molecule has 4 aromatic heterocycles. The minimum atomic E-state index is 0.563. The lowest BCUT2D eigenvalue weighted by molar-refractivity contribution is 1.07. The molecule has 0 aliphatic rings. The third-order valence-corrected chi connectivity index (χ3v) is 6.47. The van der Waals surface area contributed by atoms with Crippen LogP contribution in [0.15, 0.2) is 122 Å². The number of rotatable bonds is 4. The average Bonchev–Trinajstić information content (AvgIpc) is 3.01. The van der Waals surface area contributed by atoms with Gasteiger partial charge in [0.2, 0.25) is 0 Å². The van der Waals surface area contributed by atoms with Gasteiger partial charge in [-0.3, -0.25) is 15.0 Å². The molecule has 7 aromatic rings. The van der Waals surface area contributed by atoms with Crippen LogP contribution in [0.25, 0.3) is 67.1 Å². The van der Waals surface area contributed by atoms with Crippen molar-refractivity contribution in [2.75, 3.05) is 0 Å². The zero-order valence-corrected chi connectivity index (χ0v) is 20.2. The van der Waals surface area contributed by atoms with E-state index in [1.165, 1.54) is 0 Å². The van der Waals surface area contributed by atoms with Gasteiger partial charge in [-0.15, -0.1) is 0 Å². The Kier molecular flexibility index (Phi) is 5.33. The van der Waals surface area contributed by atoms with Crippen molar-refractivity contribution in [2.24, 2.45) is 0 Å². The summed E-state index contributed by atoms with van der Waals surface area (Å²) in [6.45, 7) is 0. The van der Waals surface area contributed by atoms with Gasteiger partial charge in [-0.1, -0.05) is 66.7 Å². The van der Waals surface area contributed by atoms with Gasteiger partial charge in [-0.05, 0) is 41.5 Å². The summed E-state index contributed by atoms with van der Waals surface area (Å²) in [6.07, 6.45) is 7.26. The van der Waals surface area contributed by atoms with E-state index in [1.807, 2.05) is 91.4 Å². The van der Waals surface area contributed by atoms with Crippen molar-refractivity contribution < 1.29 is 0 Å². The third kappa shape index (κ3) is 4.14. The molecule has 0 amide bonds. The van der Waals surface area contributed by atoms with E-state index in [9.17, 15) is 0 Å². The van der Waals surface area contributed by atoms with E-state index >= 15 is 0 Å². The first-order valence-corrected chi connectivity index (χ1v) is 12.3. The highest BCUT2D eigenvalue weighted by molar-refractivity contribution is 5.84. The summed E-state index contributed by atoms with van der Waals surface area (Å²) in [5.74, 6) is 1.71. The highest BCUT2D eigenvalue weighted by atomic mass is 15.0. The molecule has 0 bridgehead atoms. The third-order valence-electron chi connectivity index (χ3n) is 6.47. The van der Waals surface area contributed by atoms with Crippen molar-refractivity contribution in [3.63, 3.8) is 0 Å². The van der Waals surface area contributed by atoms with Crippen molar-refractivity contribution >= 4 is 21.8 Å². The molecule has 0 aliphatic carbocycles. The van der Waals surface area contributed by atoms with Gasteiger partial charge >= 0.3 is 0 Å². The van der Waals surface area contributed by atoms with Crippen LogP contribution >= 0.6 is 0 Å². The Morgan fingerprint density at radius 3 is 1.47 bits per heavy atom. The Balaban J connectivity index is 1.38. The van der Waals surface area contributed by atoms with Crippen molar-refractivity contribution in [2.45, 2.75) is 0 Å². The fourth-order valence-electron chi connectivity index (χ4n) is 4.50. The molecule has 0 fully saturated rings. The van der Waals surface area contributed by atoms with E-state index in [0.717, 1.165) is 49.6 Å². The minimum absolute atomic E-state index is 0.563. The molecule has 6 heteroatoms. The van der Waals surface area contributed by atoms with Crippen LogP contribution in [-0.2, 0) is 0 Å². The van der Waals surface area contributed by atoms with Crippen LogP contribution in [0.5, 0.6) is 0 Å². The van der Waals surface area contributed by atoms with Crippen molar-refractivity contribution in [3.05, 3.63) is 122 Å². The number of nitrogens with zero attached hydrogens (tertiary/aromatic N) is 6.